The molecule has 0 aromatic carbocycles. The number of nitrogens with two attached hydrogens (primary N) is 1. The molecule has 3 N–H and O–H groups in total. The lowest BCUT2D eigenvalue weighted by Crippen LogP contribution is -2.58. The second-order valence-electron chi connectivity index (χ2n) is 4.70. The van der Waals surface area contributed by atoms with E-state index >= 15 is 0 Å². The van der Waals surface area contributed by atoms with Crippen LogP contribution in [-0.4, -0.2) is 29.4 Å². The highest BCUT2D eigenvalue weighted by Gasteiger charge is 2.33. The summed E-state index contributed by atoms with van der Waals surface area (Å²) in [5.74, 6) is 0.0593. The predicted octanol–water partition coefficient (Wildman–Crippen LogP) is 0.343. The molecule has 0 spiro atoms. The topological polar surface area (TPSA) is 88.3 Å². The van der Waals surface area contributed by atoms with E-state index in [-0.39, 0.29) is 30.4 Å². The summed E-state index contributed by atoms with van der Waals surface area (Å²) in [5.41, 5.74) is 6.69. The van der Waals surface area contributed by atoms with Crippen molar-refractivity contribution in [1.29, 1.82) is 0 Å². The van der Waals surface area contributed by atoms with Crippen LogP contribution in [0.5, 0.6) is 0 Å². The first-order chi connectivity index (χ1) is 9.02. The van der Waals surface area contributed by atoms with Crippen molar-refractivity contribution in [3.63, 3.8) is 0 Å². The standard InChI is InChI=1S/C13H18N4O2/c1-3-10-13(19)16-12(18)7-17(10)11-5-4-9(6-15-11)8(2)14/h4-6,8,10H,3,7,14H2,1-2H3,(H,16,18,19). The summed E-state index contributed by atoms with van der Waals surface area (Å²) < 4.78 is 0. The van der Waals surface area contributed by atoms with Crippen molar-refractivity contribution in [1.82, 2.24) is 10.3 Å². The molecule has 0 radical (unpaired) electrons. The monoisotopic (exact) mass is 262 g/mol. The molecule has 0 bridgehead atoms. The Bertz CT molecular complexity index is 484. The number of anilines is 1. The minimum absolute atomic E-state index is 0.0881. The highest BCUT2D eigenvalue weighted by Crippen LogP contribution is 2.20. The van der Waals surface area contributed by atoms with Crippen LogP contribution in [0.3, 0.4) is 0 Å². The minimum Gasteiger partial charge on any atom is -0.335 e. The summed E-state index contributed by atoms with van der Waals surface area (Å²) in [6.07, 6.45) is 2.31. The van der Waals surface area contributed by atoms with Gasteiger partial charge in [0.05, 0.1) is 6.54 Å². The number of carbonyl (C=O) groups is 2. The third kappa shape index (κ3) is 2.73. The van der Waals surface area contributed by atoms with E-state index in [4.69, 9.17) is 5.73 Å². The lowest BCUT2D eigenvalue weighted by atomic mass is 10.1. The van der Waals surface area contributed by atoms with E-state index in [2.05, 4.69) is 10.3 Å². The van der Waals surface area contributed by atoms with Crippen molar-refractivity contribution in [2.75, 3.05) is 11.4 Å². The number of nitrogens with zero attached hydrogens (tertiary/aromatic N) is 2. The molecule has 2 unspecified atom stereocenters. The largest absolute Gasteiger partial charge is 0.335 e. The Kier molecular flexibility index (Phi) is 3.80. The van der Waals surface area contributed by atoms with E-state index in [1.807, 2.05) is 19.9 Å². The molecule has 2 amide bonds. The van der Waals surface area contributed by atoms with Gasteiger partial charge in [-0.25, -0.2) is 4.98 Å². The van der Waals surface area contributed by atoms with Gasteiger partial charge in [-0.1, -0.05) is 13.0 Å². The van der Waals surface area contributed by atoms with Crippen molar-refractivity contribution in [3.8, 4) is 0 Å². The Labute approximate surface area is 112 Å². The molecule has 0 aliphatic carbocycles. The number of amides is 2. The summed E-state index contributed by atoms with van der Waals surface area (Å²) in [5, 5.41) is 2.34. The van der Waals surface area contributed by atoms with Gasteiger partial charge in [0.1, 0.15) is 11.9 Å². The predicted molar refractivity (Wildman–Crippen MR) is 71.4 cm³/mol. The molecule has 1 aromatic rings. The first-order valence-corrected chi connectivity index (χ1v) is 6.34. The zero-order chi connectivity index (χ0) is 14.0. The molecule has 2 rings (SSSR count). The third-order valence-electron chi connectivity index (χ3n) is 3.23. The van der Waals surface area contributed by atoms with Gasteiger partial charge in [0.15, 0.2) is 0 Å². The quantitative estimate of drug-likeness (QED) is 0.767. The number of hydrogen-bond acceptors (Lipinski definition) is 5. The molecule has 2 atom stereocenters. The fourth-order valence-corrected chi connectivity index (χ4v) is 2.15. The molecule has 6 heteroatoms. The molecule has 2 heterocycles. The van der Waals surface area contributed by atoms with Gasteiger partial charge in [0.2, 0.25) is 11.8 Å². The maximum absolute atomic E-state index is 11.8. The maximum atomic E-state index is 11.8. The second-order valence-corrected chi connectivity index (χ2v) is 4.70. The summed E-state index contributed by atoms with van der Waals surface area (Å²) in [6, 6.07) is 3.23. The van der Waals surface area contributed by atoms with Crippen LogP contribution in [0.15, 0.2) is 18.3 Å². The van der Waals surface area contributed by atoms with E-state index in [9.17, 15) is 9.59 Å². The molecule has 6 nitrogen and oxygen atoms in total. The number of carbonyl (C=O) groups excluding carboxylic acids is 2. The Morgan fingerprint density at radius 1 is 1.53 bits per heavy atom. The first kappa shape index (κ1) is 13.5. The van der Waals surface area contributed by atoms with Crippen LogP contribution in [0, 0.1) is 0 Å². The van der Waals surface area contributed by atoms with E-state index in [0.29, 0.717) is 12.2 Å². The molecule has 19 heavy (non-hydrogen) atoms. The first-order valence-electron chi connectivity index (χ1n) is 6.34. The normalized spacial score (nSPS) is 21.2. The molecule has 1 aliphatic rings. The highest BCUT2D eigenvalue weighted by molar-refractivity contribution is 6.04. The molecule has 1 saturated heterocycles. The third-order valence-corrected chi connectivity index (χ3v) is 3.23. The molecular formula is C13H18N4O2. The van der Waals surface area contributed by atoms with Crippen molar-refractivity contribution in [3.05, 3.63) is 23.9 Å². The summed E-state index contributed by atoms with van der Waals surface area (Å²) >= 11 is 0. The van der Waals surface area contributed by atoms with Gasteiger partial charge in [0.25, 0.3) is 0 Å². The lowest BCUT2D eigenvalue weighted by molar-refractivity contribution is -0.132. The molecule has 1 fully saturated rings. The average molecular weight is 262 g/mol. The van der Waals surface area contributed by atoms with E-state index in [1.165, 1.54) is 0 Å². The number of hydrogen-bond donors (Lipinski definition) is 2. The smallest absolute Gasteiger partial charge is 0.249 e. The van der Waals surface area contributed by atoms with Crippen molar-refractivity contribution >= 4 is 17.6 Å². The molecule has 1 aromatic heterocycles. The van der Waals surface area contributed by atoms with Gasteiger partial charge in [-0.05, 0) is 25.0 Å². The number of imide groups is 1. The van der Waals surface area contributed by atoms with Crippen LogP contribution < -0.4 is 16.0 Å². The zero-order valence-corrected chi connectivity index (χ0v) is 11.1. The maximum Gasteiger partial charge on any atom is 0.249 e. The average Bonchev–Trinajstić information content (AvgIpc) is 2.38. The molecule has 1 aliphatic heterocycles. The van der Waals surface area contributed by atoms with E-state index in [1.54, 1.807) is 17.2 Å². The number of piperazine rings is 1. The van der Waals surface area contributed by atoms with Gasteiger partial charge in [-0.15, -0.1) is 0 Å². The Balaban J connectivity index is 2.27. The summed E-state index contributed by atoms with van der Waals surface area (Å²) in [6.45, 7) is 3.93. The van der Waals surface area contributed by atoms with Crippen LogP contribution in [0.2, 0.25) is 0 Å². The molecular weight excluding hydrogens is 244 g/mol. The number of nitrogens with one attached hydrogen (secondary N) is 1. The van der Waals surface area contributed by atoms with Crippen LogP contribution >= 0.6 is 0 Å². The van der Waals surface area contributed by atoms with E-state index in [0.717, 1.165) is 5.56 Å². The minimum atomic E-state index is -0.355. The highest BCUT2D eigenvalue weighted by atomic mass is 16.2. The Hall–Kier alpha value is -1.95. The van der Waals surface area contributed by atoms with Crippen molar-refractivity contribution in [2.24, 2.45) is 5.73 Å². The van der Waals surface area contributed by atoms with Crippen LogP contribution in [-0.2, 0) is 9.59 Å². The van der Waals surface area contributed by atoms with E-state index < -0.39 is 0 Å². The fraction of sp³-hybridized carbons (Fsp3) is 0.462. The van der Waals surface area contributed by atoms with Crippen LogP contribution in [0.25, 0.3) is 0 Å². The summed E-state index contributed by atoms with van der Waals surface area (Å²) in [7, 11) is 0. The van der Waals surface area contributed by atoms with Crippen LogP contribution in [0.1, 0.15) is 31.9 Å². The lowest BCUT2D eigenvalue weighted by Gasteiger charge is -2.34. The number of aromatic nitrogens is 1. The Morgan fingerprint density at radius 2 is 2.26 bits per heavy atom. The van der Waals surface area contributed by atoms with Crippen LogP contribution in [0.4, 0.5) is 5.82 Å². The zero-order valence-electron chi connectivity index (χ0n) is 11.1. The number of rotatable bonds is 3. The van der Waals surface area contributed by atoms with Gasteiger partial charge in [-0.3, -0.25) is 14.9 Å². The molecule has 102 valence electrons. The number of pyridine rings is 1. The fourth-order valence-electron chi connectivity index (χ4n) is 2.15. The SMILES string of the molecule is CCC1C(=O)NC(=O)CN1c1ccc(C(C)N)cn1. The second kappa shape index (κ2) is 5.36. The van der Waals surface area contributed by atoms with Gasteiger partial charge >= 0.3 is 0 Å². The van der Waals surface area contributed by atoms with Gasteiger partial charge < -0.3 is 10.6 Å². The van der Waals surface area contributed by atoms with Gasteiger partial charge in [-0.2, -0.15) is 0 Å². The molecule has 0 saturated carbocycles. The Morgan fingerprint density at radius 3 is 2.79 bits per heavy atom. The van der Waals surface area contributed by atoms with Crippen molar-refractivity contribution < 1.29 is 9.59 Å². The van der Waals surface area contributed by atoms with Gasteiger partial charge in [0, 0.05) is 12.2 Å². The van der Waals surface area contributed by atoms with Crippen molar-refractivity contribution in [2.45, 2.75) is 32.4 Å². The summed E-state index contributed by atoms with van der Waals surface area (Å²) in [4.78, 5) is 29.3.